The summed E-state index contributed by atoms with van der Waals surface area (Å²) < 4.78 is 5.89. The number of para-hydroxylation sites is 1. The van der Waals surface area contributed by atoms with E-state index in [1.807, 2.05) is 66.9 Å². The number of likely N-dealkylation sites (N-methyl/N-ethyl adjacent to an activating group) is 1. The minimum Gasteiger partial charge on any atom is -0.459 e. The zero-order valence-corrected chi connectivity index (χ0v) is 15.7. The van der Waals surface area contributed by atoms with Gasteiger partial charge in [0, 0.05) is 34.7 Å². The molecule has 2 aromatic heterocycles. The van der Waals surface area contributed by atoms with E-state index in [9.17, 15) is 4.79 Å². The van der Waals surface area contributed by atoms with Gasteiger partial charge in [-0.2, -0.15) is 0 Å². The fraction of sp³-hybridized carbons (Fsp3) is 0.136. The predicted octanol–water partition coefficient (Wildman–Crippen LogP) is 5.28. The van der Waals surface area contributed by atoms with Gasteiger partial charge in [0.25, 0.3) is 0 Å². The number of hydrogen-bond acceptors (Lipinski definition) is 2. The summed E-state index contributed by atoms with van der Waals surface area (Å²) in [4.78, 5) is 17.5. The summed E-state index contributed by atoms with van der Waals surface area (Å²) in [6.07, 6.45) is 2.26. The zero-order valence-electron chi connectivity index (χ0n) is 14.9. The molecule has 0 spiro atoms. The van der Waals surface area contributed by atoms with Crippen LogP contribution in [0.4, 0.5) is 0 Å². The van der Waals surface area contributed by atoms with Crippen LogP contribution in [0.3, 0.4) is 0 Å². The Morgan fingerprint density at radius 1 is 1.07 bits per heavy atom. The predicted molar refractivity (Wildman–Crippen MR) is 108 cm³/mol. The van der Waals surface area contributed by atoms with Crippen LogP contribution in [-0.4, -0.2) is 22.8 Å². The van der Waals surface area contributed by atoms with Crippen molar-refractivity contribution in [2.24, 2.45) is 0 Å². The third kappa shape index (κ3) is 3.76. The maximum atomic E-state index is 12.6. The van der Waals surface area contributed by atoms with E-state index in [2.05, 4.69) is 4.98 Å². The van der Waals surface area contributed by atoms with Gasteiger partial charge in [-0.15, -0.1) is 0 Å². The van der Waals surface area contributed by atoms with Gasteiger partial charge in [0.1, 0.15) is 11.5 Å². The molecule has 1 amide bonds. The van der Waals surface area contributed by atoms with Crippen LogP contribution in [0, 0.1) is 0 Å². The monoisotopic (exact) mass is 378 g/mol. The smallest absolute Gasteiger partial charge is 0.227 e. The maximum Gasteiger partial charge on any atom is 0.227 e. The van der Waals surface area contributed by atoms with Crippen molar-refractivity contribution in [3.8, 4) is 11.3 Å². The van der Waals surface area contributed by atoms with E-state index in [0.717, 1.165) is 33.6 Å². The van der Waals surface area contributed by atoms with E-state index in [1.165, 1.54) is 0 Å². The molecule has 0 atom stereocenters. The first kappa shape index (κ1) is 17.4. The van der Waals surface area contributed by atoms with Crippen molar-refractivity contribution in [3.63, 3.8) is 0 Å². The first-order valence-electron chi connectivity index (χ1n) is 8.74. The molecule has 2 aromatic carbocycles. The number of rotatable bonds is 5. The Morgan fingerprint density at radius 2 is 1.85 bits per heavy atom. The molecule has 0 unspecified atom stereocenters. The van der Waals surface area contributed by atoms with Gasteiger partial charge in [-0.25, -0.2) is 0 Å². The Labute approximate surface area is 162 Å². The average molecular weight is 379 g/mol. The van der Waals surface area contributed by atoms with Crippen LogP contribution in [0.1, 0.15) is 11.3 Å². The summed E-state index contributed by atoms with van der Waals surface area (Å²) in [6, 6.07) is 19.3. The molecule has 1 N–H and O–H groups in total. The Hall–Kier alpha value is -2.98. The molecule has 0 saturated carbocycles. The van der Waals surface area contributed by atoms with Crippen molar-refractivity contribution >= 4 is 28.4 Å². The third-order valence-electron chi connectivity index (χ3n) is 4.63. The van der Waals surface area contributed by atoms with Crippen molar-refractivity contribution in [2.75, 3.05) is 7.05 Å². The first-order chi connectivity index (χ1) is 13.1. The topological polar surface area (TPSA) is 49.2 Å². The van der Waals surface area contributed by atoms with Gasteiger partial charge in [0.15, 0.2) is 0 Å². The van der Waals surface area contributed by atoms with E-state index < -0.39 is 0 Å². The second-order valence-electron chi connectivity index (χ2n) is 6.56. The number of carbonyl (C=O) groups is 1. The first-order valence-corrected chi connectivity index (χ1v) is 9.11. The van der Waals surface area contributed by atoms with Crippen molar-refractivity contribution < 1.29 is 9.21 Å². The van der Waals surface area contributed by atoms with Crippen LogP contribution in [0.15, 0.2) is 71.3 Å². The summed E-state index contributed by atoms with van der Waals surface area (Å²) in [5, 5.41) is 1.77. The highest BCUT2D eigenvalue weighted by Gasteiger charge is 2.15. The van der Waals surface area contributed by atoms with Gasteiger partial charge in [-0.05, 0) is 48.0 Å². The molecule has 2 heterocycles. The Balaban J connectivity index is 1.43. The highest BCUT2D eigenvalue weighted by atomic mass is 35.5. The van der Waals surface area contributed by atoms with Gasteiger partial charge < -0.3 is 14.3 Å². The number of H-pyrrole nitrogens is 1. The summed E-state index contributed by atoms with van der Waals surface area (Å²) in [5.41, 5.74) is 3.00. The van der Waals surface area contributed by atoms with Gasteiger partial charge in [0.2, 0.25) is 5.91 Å². The molecule has 0 bridgehead atoms. The molecular weight excluding hydrogens is 360 g/mol. The number of carbonyl (C=O) groups excluding carboxylic acids is 1. The van der Waals surface area contributed by atoms with Crippen molar-refractivity contribution in [2.45, 2.75) is 13.0 Å². The van der Waals surface area contributed by atoms with Crippen molar-refractivity contribution in [3.05, 3.63) is 83.2 Å². The number of amides is 1. The van der Waals surface area contributed by atoms with E-state index in [-0.39, 0.29) is 5.91 Å². The molecule has 0 radical (unpaired) electrons. The SMILES string of the molecule is CN(Cc1ccc(-c2ccc(Cl)cc2)o1)C(=O)Cc1c[nH]c2ccccc12. The lowest BCUT2D eigenvalue weighted by atomic mass is 10.1. The number of furan rings is 1. The number of hydrogen-bond donors (Lipinski definition) is 1. The number of halogens is 1. The highest BCUT2D eigenvalue weighted by Crippen LogP contribution is 2.24. The van der Waals surface area contributed by atoms with Crippen LogP contribution in [0.2, 0.25) is 5.02 Å². The van der Waals surface area contributed by atoms with Crippen LogP contribution in [-0.2, 0) is 17.8 Å². The van der Waals surface area contributed by atoms with Crippen LogP contribution < -0.4 is 0 Å². The molecule has 27 heavy (non-hydrogen) atoms. The second-order valence-corrected chi connectivity index (χ2v) is 7.00. The minimum atomic E-state index is 0.0456. The fourth-order valence-corrected chi connectivity index (χ4v) is 3.26. The summed E-state index contributed by atoms with van der Waals surface area (Å²) in [5.74, 6) is 1.55. The van der Waals surface area contributed by atoms with Gasteiger partial charge >= 0.3 is 0 Å². The number of nitrogens with zero attached hydrogens (tertiary/aromatic N) is 1. The van der Waals surface area contributed by atoms with Gasteiger partial charge in [0.05, 0.1) is 13.0 Å². The number of aromatic amines is 1. The number of aromatic nitrogens is 1. The van der Waals surface area contributed by atoms with Gasteiger partial charge in [-0.1, -0.05) is 29.8 Å². The fourth-order valence-electron chi connectivity index (χ4n) is 3.13. The second kappa shape index (κ2) is 7.33. The Kier molecular flexibility index (Phi) is 4.73. The number of nitrogens with one attached hydrogen (secondary N) is 1. The standard InChI is InChI=1S/C22H19ClN2O2/c1-25(22(26)12-16-13-24-20-5-3-2-4-19(16)20)14-18-10-11-21(27-18)15-6-8-17(23)9-7-15/h2-11,13,24H,12,14H2,1H3. The molecule has 4 aromatic rings. The van der Waals surface area contributed by atoms with E-state index in [4.69, 9.17) is 16.0 Å². The van der Waals surface area contributed by atoms with Crippen molar-refractivity contribution in [1.29, 1.82) is 0 Å². The molecular formula is C22H19ClN2O2. The van der Waals surface area contributed by atoms with Gasteiger partial charge in [-0.3, -0.25) is 4.79 Å². The van der Waals surface area contributed by atoms with E-state index in [1.54, 1.807) is 11.9 Å². The van der Waals surface area contributed by atoms with Crippen LogP contribution >= 0.6 is 11.6 Å². The van der Waals surface area contributed by atoms with E-state index >= 15 is 0 Å². The molecule has 5 heteroatoms. The molecule has 4 rings (SSSR count). The van der Waals surface area contributed by atoms with E-state index in [0.29, 0.717) is 18.0 Å². The summed E-state index contributed by atoms with van der Waals surface area (Å²) in [6.45, 7) is 0.425. The molecule has 4 nitrogen and oxygen atoms in total. The average Bonchev–Trinajstić information content (AvgIpc) is 3.30. The quantitative estimate of drug-likeness (QED) is 0.513. The van der Waals surface area contributed by atoms with Crippen molar-refractivity contribution in [1.82, 2.24) is 9.88 Å². The third-order valence-corrected chi connectivity index (χ3v) is 4.88. The number of benzene rings is 2. The molecule has 0 aliphatic rings. The number of fused-ring (bicyclic) bond motifs is 1. The summed E-state index contributed by atoms with van der Waals surface area (Å²) in [7, 11) is 1.79. The lowest BCUT2D eigenvalue weighted by Crippen LogP contribution is -2.27. The molecule has 0 aliphatic heterocycles. The zero-order chi connectivity index (χ0) is 18.8. The summed E-state index contributed by atoms with van der Waals surface area (Å²) >= 11 is 5.93. The largest absolute Gasteiger partial charge is 0.459 e. The minimum absolute atomic E-state index is 0.0456. The lowest BCUT2D eigenvalue weighted by Gasteiger charge is -2.15. The van der Waals surface area contributed by atoms with Crippen LogP contribution in [0.5, 0.6) is 0 Å². The normalized spacial score (nSPS) is 11.0. The highest BCUT2D eigenvalue weighted by molar-refractivity contribution is 6.30. The Bertz CT molecular complexity index is 1080. The molecule has 0 saturated heterocycles. The molecule has 136 valence electrons. The maximum absolute atomic E-state index is 12.6. The Morgan fingerprint density at radius 3 is 2.67 bits per heavy atom. The lowest BCUT2D eigenvalue weighted by molar-refractivity contribution is -0.129. The molecule has 0 aliphatic carbocycles. The molecule has 0 fully saturated rings. The van der Waals surface area contributed by atoms with Crippen LogP contribution in [0.25, 0.3) is 22.2 Å².